The minimum Gasteiger partial charge on any atom is -0.504 e. The summed E-state index contributed by atoms with van der Waals surface area (Å²) in [5, 5.41) is 35.0. The number of benzene rings is 1. The van der Waals surface area contributed by atoms with Crippen molar-refractivity contribution < 1.29 is 43.8 Å². The van der Waals surface area contributed by atoms with Crippen molar-refractivity contribution in [2.24, 2.45) is 0 Å². The summed E-state index contributed by atoms with van der Waals surface area (Å²) < 4.78 is 0. The zero-order valence-electron chi connectivity index (χ0n) is 6.30. The van der Waals surface area contributed by atoms with Gasteiger partial charge in [-0.25, -0.2) is 4.79 Å². The van der Waals surface area contributed by atoms with Gasteiger partial charge in [0, 0.05) is 18.6 Å². The van der Waals surface area contributed by atoms with Gasteiger partial charge < -0.3 is 20.4 Å². The molecule has 0 unspecified atom stereocenters. The largest absolute Gasteiger partial charge is 0.504 e. The van der Waals surface area contributed by atoms with Gasteiger partial charge in [-0.3, -0.25) is 0 Å². The number of hydrogen-bond acceptors (Lipinski definition) is 4. The molecule has 1 aromatic carbocycles. The molecule has 0 saturated heterocycles. The van der Waals surface area contributed by atoms with E-state index in [1.54, 1.807) is 0 Å². The molecule has 0 fully saturated rings. The molecule has 0 bridgehead atoms. The molecule has 1 aromatic rings. The predicted octanol–water partition coefficient (Wildman–Crippen LogP) is 0.499. The van der Waals surface area contributed by atoms with Gasteiger partial charge in [0.2, 0.25) is 0 Å². The average molecular weight is 221 g/mol. The van der Waals surface area contributed by atoms with E-state index in [0.717, 1.165) is 12.1 Å². The minimum absolute atomic E-state index is 0. The molecular formula is C7H6O5V. The third kappa shape index (κ3) is 2.30. The van der Waals surface area contributed by atoms with Gasteiger partial charge in [0.1, 0.15) is 0 Å². The monoisotopic (exact) mass is 221 g/mol. The van der Waals surface area contributed by atoms with Crippen LogP contribution in [0.5, 0.6) is 17.2 Å². The molecule has 0 amide bonds. The summed E-state index contributed by atoms with van der Waals surface area (Å²) in [5.74, 6) is -3.33. The van der Waals surface area contributed by atoms with E-state index in [4.69, 9.17) is 20.4 Å². The predicted molar refractivity (Wildman–Crippen MR) is 38.4 cm³/mol. The van der Waals surface area contributed by atoms with Crippen LogP contribution in [0.4, 0.5) is 0 Å². The molecule has 0 aliphatic rings. The number of carbonyl (C=O) groups is 1. The Bertz CT molecular complexity index is 313. The quantitative estimate of drug-likeness (QED) is 0.517. The van der Waals surface area contributed by atoms with Crippen molar-refractivity contribution >= 4 is 5.97 Å². The van der Waals surface area contributed by atoms with Crippen molar-refractivity contribution in [3.05, 3.63) is 17.7 Å². The molecule has 0 saturated carbocycles. The molecule has 1 radical (unpaired) electrons. The number of aromatic carboxylic acids is 1. The van der Waals surface area contributed by atoms with E-state index in [1.807, 2.05) is 0 Å². The molecular weight excluding hydrogens is 215 g/mol. The van der Waals surface area contributed by atoms with Crippen LogP contribution >= 0.6 is 0 Å². The van der Waals surface area contributed by atoms with E-state index in [9.17, 15) is 4.79 Å². The van der Waals surface area contributed by atoms with Crippen LogP contribution in [0.15, 0.2) is 12.1 Å². The number of carboxylic acids is 1. The van der Waals surface area contributed by atoms with E-state index in [-0.39, 0.29) is 24.1 Å². The van der Waals surface area contributed by atoms with Gasteiger partial charge >= 0.3 is 5.97 Å². The number of aromatic hydroxyl groups is 3. The molecule has 0 atom stereocenters. The van der Waals surface area contributed by atoms with Crippen molar-refractivity contribution in [1.29, 1.82) is 0 Å². The van der Waals surface area contributed by atoms with Gasteiger partial charge in [0.25, 0.3) is 0 Å². The molecule has 13 heavy (non-hydrogen) atoms. The van der Waals surface area contributed by atoms with Crippen LogP contribution in [-0.2, 0) is 18.6 Å². The molecule has 69 valence electrons. The summed E-state index contributed by atoms with van der Waals surface area (Å²) in [5.41, 5.74) is -0.289. The van der Waals surface area contributed by atoms with E-state index >= 15 is 0 Å². The average Bonchev–Trinajstić information content (AvgIpc) is 1.99. The number of phenols is 3. The summed E-state index contributed by atoms with van der Waals surface area (Å²) in [6.45, 7) is 0. The fraction of sp³-hybridized carbons (Fsp3) is 0. The molecule has 0 spiro atoms. The van der Waals surface area contributed by atoms with Gasteiger partial charge in [0.15, 0.2) is 17.2 Å². The summed E-state index contributed by atoms with van der Waals surface area (Å²) in [4.78, 5) is 10.3. The fourth-order valence-corrected chi connectivity index (χ4v) is 0.728. The Balaban J connectivity index is 0.00000144. The van der Waals surface area contributed by atoms with E-state index in [1.165, 1.54) is 0 Å². The van der Waals surface area contributed by atoms with Crippen LogP contribution in [0.2, 0.25) is 0 Å². The maximum Gasteiger partial charge on any atom is 0.335 e. The van der Waals surface area contributed by atoms with Gasteiger partial charge in [-0.2, -0.15) is 0 Å². The summed E-state index contributed by atoms with van der Waals surface area (Å²) in [6, 6.07) is 1.69. The Morgan fingerprint density at radius 2 is 1.46 bits per heavy atom. The first kappa shape index (κ1) is 11.7. The third-order valence-corrected chi connectivity index (χ3v) is 1.32. The Labute approximate surface area is 85.1 Å². The third-order valence-electron chi connectivity index (χ3n) is 1.32. The molecule has 4 N–H and O–H groups in total. The molecule has 1 rings (SSSR count). The van der Waals surface area contributed by atoms with E-state index in [0.29, 0.717) is 0 Å². The van der Waals surface area contributed by atoms with Gasteiger partial charge in [-0.15, -0.1) is 0 Å². The number of rotatable bonds is 1. The molecule has 0 aliphatic carbocycles. The minimum atomic E-state index is -1.29. The smallest absolute Gasteiger partial charge is 0.335 e. The van der Waals surface area contributed by atoms with Gasteiger partial charge in [-0.05, 0) is 12.1 Å². The van der Waals surface area contributed by atoms with Crippen LogP contribution in [0.25, 0.3) is 0 Å². The number of carboxylic acid groups (broad SMARTS) is 1. The molecule has 0 aliphatic heterocycles. The van der Waals surface area contributed by atoms with Gasteiger partial charge in [0.05, 0.1) is 5.56 Å². The Morgan fingerprint density at radius 3 is 1.77 bits per heavy atom. The molecule has 0 heterocycles. The maximum atomic E-state index is 10.3. The van der Waals surface area contributed by atoms with Crippen LogP contribution < -0.4 is 0 Å². The van der Waals surface area contributed by atoms with E-state index < -0.39 is 23.2 Å². The Morgan fingerprint density at radius 1 is 1.08 bits per heavy atom. The second-order valence-electron chi connectivity index (χ2n) is 2.17. The number of hydrogen-bond donors (Lipinski definition) is 4. The second-order valence-corrected chi connectivity index (χ2v) is 2.17. The van der Waals surface area contributed by atoms with Crippen molar-refractivity contribution in [3.8, 4) is 17.2 Å². The first-order valence-corrected chi connectivity index (χ1v) is 3.00. The van der Waals surface area contributed by atoms with Crippen LogP contribution in [0, 0.1) is 0 Å². The van der Waals surface area contributed by atoms with Crippen LogP contribution in [-0.4, -0.2) is 26.4 Å². The summed E-state index contributed by atoms with van der Waals surface area (Å²) in [6.07, 6.45) is 0. The molecule has 0 aromatic heterocycles. The SMILES string of the molecule is O=C(O)c1cc(O)c(O)c(O)c1.[V]. The standard InChI is InChI=1S/C7H6O5.V/c8-4-1-3(7(11)12)2-5(9)6(4)10;/h1-2,8-10H,(H,11,12);. The fourth-order valence-electron chi connectivity index (χ4n) is 0.728. The second kappa shape index (κ2) is 4.07. The molecule has 6 heteroatoms. The van der Waals surface area contributed by atoms with Crippen LogP contribution in [0.1, 0.15) is 10.4 Å². The Kier molecular flexibility index (Phi) is 3.65. The first-order valence-electron chi connectivity index (χ1n) is 3.00. The van der Waals surface area contributed by atoms with Crippen molar-refractivity contribution in [2.45, 2.75) is 0 Å². The van der Waals surface area contributed by atoms with Gasteiger partial charge in [-0.1, -0.05) is 0 Å². The van der Waals surface area contributed by atoms with Crippen molar-refractivity contribution in [2.75, 3.05) is 0 Å². The molecule has 5 nitrogen and oxygen atoms in total. The zero-order chi connectivity index (χ0) is 9.30. The Hall–Kier alpha value is -1.33. The maximum absolute atomic E-state index is 10.3. The topological polar surface area (TPSA) is 98.0 Å². The number of phenolic OH excluding ortho intramolecular Hbond substituents is 3. The van der Waals surface area contributed by atoms with E-state index in [2.05, 4.69) is 0 Å². The normalized spacial score (nSPS) is 8.92. The first-order chi connectivity index (χ1) is 5.52. The zero-order valence-corrected chi connectivity index (χ0v) is 7.70. The summed E-state index contributed by atoms with van der Waals surface area (Å²) in [7, 11) is 0. The summed E-state index contributed by atoms with van der Waals surface area (Å²) >= 11 is 0. The van der Waals surface area contributed by atoms with Crippen LogP contribution in [0.3, 0.4) is 0 Å². The van der Waals surface area contributed by atoms with Crippen molar-refractivity contribution in [3.63, 3.8) is 0 Å². The van der Waals surface area contributed by atoms with Crippen molar-refractivity contribution in [1.82, 2.24) is 0 Å².